The van der Waals surface area contributed by atoms with Crippen LogP contribution in [0.2, 0.25) is 5.02 Å². The van der Waals surface area contributed by atoms with Crippen molar-refractivity contribution in [3.8, 4) is 16.9 Å². The number of hydrogen-bond acceptors (Lipinski definition) is 3. The molecule has 0 heterocycles. The zero-order valence-corrected chi connectivity index (χ0v) is 16.5. The van der Waals surface area contributed by atoms with Crippen molar-refractivity contribution in [1.82, 2.24) is 5.32 Å². The summed E-state index contributed by atoms with van der Waals surface area (Å²) < 4.78 is 19.6. The van der Waals surface area contributed by atoms with Gasteiger partial charge in [-0.1, -0.05) is 35.9 Å². The lowest BCUT2D eigenvalue weighted by molar-refractivity contribution is 0.0946. The Kier molecular flexibility index (Phi) is 6.62. The predicted octanol–water partition coefficient (Wildman–Crippen LogP) is 5.29. The molecule has 4 nitrogen and oxygen atoms in total. The molecule has 0 unspecified atom stereocenters. The Morgan fingerprint density at radius 3 is 2.62 bits per heavy atom. The number of benzene rings is 3. The number of rotatable bonds is 7. The smallest absolute Gasteiger partial charge is 0.254 e. The second-order valence-corrected chi connectivity index (χ2v) is 6.74. The maximum Gasteiger partial charge on any atom is 0.254 e. The van der Waals surface area contributed by atoms with Crippen molar-refractivity contribution in [3.05, 3.63) is 88.2 Å². The fourth-order valence-corrected chi connectivity index (χ4v) is 3.09. The summed E-state index contributed by atoms with van der Waals surface area (Å²) in [6.07, 6.45) is 0.792. The first kappa shape index (κ1) is 20.6. The molecule has 148 valence electrons. The van der Waals surface area contributed by atoms with Gasteiger partial charge in [0.25, 0.3) is 5.91 Å². The van der Waals surface area contributed by atoms with E-state index < -0.39 is 11.7 Å². The molecule has 3 aromatic rings. The van der Waals surface area contributed by atoms with Crippen molar-refractivity contribution >= 4 is 23.8 Å². The molecule has 3 aromatic carbocycles. The summed E-state index contributed by atoms with van der Waals surface area (Å²) in [4.78, 5) is 23.4. The first-order valence-electron chi connectivity index (χ1n) is 9.06. The lowest BCUT2D eigenvalue weighted by atomic mass is 10.0. The standard InChI is InChI=1S/C23H19ClFNO3/c1-2-29-22-9-6-17(16-5-3-4-15(10-16)14-27)11-18(22)13-26-23(28)20-8-7-19(24)12-21(20)25/h3-12,14H,2,13H2,1H3,(H,26,28). The van der Waals surface area contributed by atoms with Crippen LogP contribution in [-0.2, 0) is 6.54 Å². The topological polar surface area (TPSA) is 55.4 Å². The largest absolute Gasteiger partial charge is 0.494 e. The van der Waals surface area contributed by atoms with Crippen molar-refractivity contribution in [1.29, 1.82) is 0 Å². The molecule has 0 aliphatic heterocycles. The Balaban J connectivity index is 1.86. The van der Waals surface area contributed by atoms with E-state index in [1.54, 1.807) is 18.2 Å². The molecule has 0 atom stereocenters. The molecule has 3 rings (SSSR count). The summed E-state index contributed by atoms with van der Waals surface area (Å²) in [5.74, 6) is -0.603. The van der Waals surface area contributed by atoms with E-state index in [-0.39, 0.29) is 17.1 Å². The van der Waals surface area contributed by atoms with E-state index in [1.165, 1.54) is 12.1 Å². The van der Waals surface area contributed by atoms with Crippen molar-refractivity contribution in [2.75, 3.05) is 6.61 Å². The molecule has 0 aliphatic carbocycles. The lowest BCUT2D eigenvalue weighted by Gasteiger charge is -2.14. The minimum atomic E-state index is -0.681. The molecule has 29 heavy (non-hydrogen) atoms. The summed E-state index contributed by atoms with van der Waals surface area (Å²) in [6, 6.07) is 16.7. The molecular formula is C23H19ClFNO3. The van der Waals surface area contributed by atoms with Gasteiger partial charge in [0.1, 0.15) is 17.9 Å². The maximum absolute atomic E-state index is 14.0. The minimum absolute atomic E-state index is 0.0813. The Bertz CT molecular complexity index is 1050. The number of hydrogen-bond donors (Lipinski definition) is 1. The van der Waals surface area contributed by atoms with Gasteiger partial charge in [-0.25, -0.2) is 4.39 Å². The fraction of sp³-hybridized carbons (Fsp3) is 0.130. The van der Waals surface area contributed by atoms with Crippen LogP contribution < -0.4 is 10.1 Å². The quantitative estimate of drug-likeness (QED) is 0.537. The molecule has 0 saturated carbocycles. The number of amides is 1. The highest BCUT2D eigenvalue weighted by Crippen LogP contribution is 2.27. The third-order valence-electron chi connectivity index (χ3n) is 4.33. The van der Waals surface area contributed by atoms with Crippen LogP contribution in [0.5, 0.6) is 5.75 Å². The molecular weight excluding hydrogens is 393 g/mol. The molecule has 0 saturated heterocycles. The van der Waals surface area contributed by atoms with Crippen LogP contribution in [0.3, 0.4) is 0 Å². The van der Waals surface area contributed by atoms with Gasteiger partial charge < -0.3 is 10.1 Å². The van der Waals surface area contributed by atoms with E-state index in [4.69, 9.17) is 16.3 Å². The second-order valence-electron chi connectivity index (χ2n) is 6.31. The van der Waals surface area contributed by atoms with E-state index in [2.05, 4.69) is 5.32 Å². The van der Waals surface area contributed by atoms with Gasteiger partial charge in [-0.05, 0) is 54.4 Å². The van der Waals surface area contributed by atoms with Gasteiger partial charge in [0.2, 0.25) is 0 Å². The molecule has 0 aliphatic rings. The SMILES string of the molecule is CCOc1ccc(-c2cccc(C=O)c2)cc1CNC(=O)c1ccc(Cl)cc1F. The first-order valence-corrected chi connectivity index (χ1v) is 9.44. The van der Waals surface area contributed by atoms with Crippen LogP contribution in [0, 0.1) is 5.82 Å². The van der Waals surface area contributed by atoms with Gasteiger partial charge in [0.05, 0.1) is 12.2 Å². The van der Waals surface area contributed by atoms with Gasteiger partial charge in [-0.15, -0.1) is 0 Å². The summed E-state index contributed by atoms with van der Waals surface area (Å²) in [6.45, 7) is 2.48. The summed E-state index contributed by atoms with van der Waals surface area (Å²) >= 11 is 5.74. The lowest BCUT2D eigenvalue weighted by Crippen LogP contribution is -2.24. The van der Waals surface area contributed by atoms with Crippen molar-refractivity contribution < 1.29 is 18.7 Å². The Labute approximate surface area is 173 Å². The van der Waals surface area contributed by atoms with Crippen LogP contribution in [-0.4, -0.2) is 18.8 Å². The zero-order valence-electron chi connectivity index (χ0n) is 15.7. The van der Waals surface area contributed by atoms with E-state index in [0.29, 0.717) is 17.9 Å². The zero-order chi connectivity index (χ0) is 20.8. The normalized spacial score (nSPS) is 10.4. The van der Waals surface area contributed by atoms with Gasteiger partial charge in [0.15, 0.2) is 0 Å². The second kappa shape index (κ2) is 9.34. The maximum atomic E-state index is 14.0. The number of carbonyl (C=O) groups excluding carboxylic acids is 2. The molecule has 0 spiro atoms. The molecule has 0 fully saturated rings. The van der Waals surface area contributed by atoms with Crippen molar-refractivity contribution in [2.24, 2.45) is 0 Å². The van der Waals surface area contributed by atoms with Crippen LogP contribution in [0.15, 0.2) is 60.7 Å². The highest BCUT2D eigenvalue weighted by atomic mass is 35.5. The Morgan fingerprint density at radius 2 is 1.90 bits per heavy atom. The van der Waals surface area contributed by atoms with E-state index >= 15 is 0 Å². The summed E-state index contributed by atoms with van der Waals surface area (Å²) in [5, 5.41) is 2.94. The Morgan fingerprint density at radius 1 is 1.10 bits per heavy atom. The van der Waals surface area contributed by atoms with Gasteiger partial charge in [-0.3, -0.25) is 9.59 Å². The summed E-state index contributed by atoms with van der Waals surface area (Å²) in [7, 11) is 0. The number of halogens is 2. The van der Waals surface area contributed by atoms with E-state index in [1.807, 2.05) is 31.2 Å². The molecule has 6 heteroatoms. The summed E-state index contributed by atoms with van der Waals surface area (Å²) in [5.41, 5.74) is 2.98. The average Bonchev–Trinajstić information content (AvgIpc) is 2.73. The van der Waals surface area contributed by atoms with E-state index in [0.717, 1.165) is 29.0 Å². The van der Waals surface area contributed by atoms with Crippen molar-refractivity contribution in [2.45, 2.75) is 13.5 Å². The van der Waals surface area contributed by atoms with Gasteiger partial charge in [0, 0.05) is 22.7 Å². The van der Waals surface area contributed by atoms with Crippen LogP contribution in [0.1, 0.15) is 33.2 Å². The molecule has 1 N–H and O–H groups in total. The third kappa shape index (κ3) is 5.00. The number of nitrogens with one attached hydrogen (secondary N) is 1. The molecule has 1 amide bonds. The molecule has 0 radical (unpaired) electrons. The monoisotopic (exact) mass is 411 g/mol. The van der Waals surface area contributed by atoms with Crippen LogP contribution >= 0.6 is 11.6 Å². The van der Waals surface area contributed by atoms with Crippen molar-refractivity contribution in [3.63, 3.8) is 0 Å². The highest BCUT2D eigenvalue weighted by Gasteiger charge is 2.14. The fourth-order valence-electron chi connectivity index (χ4n) is 2.93. The average molecular weight is 412 g/mol. The highest BCUT2D eigenvalue weighted by molar-refractivity contribution is 6.30. The predicted molar refractivity (Wildman–Crippen MR) is 111 cm³/mol. The molecule has 0 bridgehead atoms. The Hall–Kier alpha value is -3.18. The number of carbonyl (C=O) groups is 2. The van der Waals surface area contributed by atoms with Gasteiger partial charge in [-0.2, -0.15) is 0 Å². The number of aldehydes is 1. The van der Waals surface area contributed by atoms with Crippen LogP contribution in [0.25, 0.3) is 11.1 Å². The third-order valence-corrected chi connectivity index (χ3v) is 4.57. The minimum Gasteiger partial charge on any atom is -0.494 e. The van der Waals surface area contributed by atoms with E-state index in [9.17, 15) is 14.0 Å². The first-order chi connectivity index (χ1) is 14.0. The number of ether oxygens (including phenoxy) is 1. The van der Waals surface area contributed by atoms with Gasteiger partial charge >= 0.3 is 0 Å². The van der Waals surface area contributed by atoms with Crippen LogP contribution in [0.4, 0.5) is 4.39 Å². The molecule has 0 aromatic heterocycles.